The second-order valence-corrected chi connectivity index (χ2v) is 11.5. The number of fused-ring (bicyclic) bond motifs is 5. The van der Waals surface area contributed by atoms with E-state index in [0.29, 0.717) is 17.1 Å². The molecule has 0 heterocycles. The van der Waals surface area contributed by atoms with Gasteiger partial charge in [0.05, 0.1) is 5.60 Å². The van der Waals surface area contributed by atoms with Gasteiger partial charge in [0, 0.05) is 5.92 Å². The van der Waals surface area contributed by atoms with E-state index < -0.39 is 5.60 Å². The molecule has 5 aliphatic rings. The van der Waals surface area contributed by atoms with Crippen LogP contribution in [0.1, 0.15) is 91.4 Å². The van der Waals surface area contributed by atoms with Crippen LogP contribution in [0.2, 0.25) is 0 Å². The molecule has 2 heteroatoms. The van der Waals surface area contributed by atoms with Crippen molar-refractivity contribution in [2.24, 2.45) is 46.3 Å². The van der Waals surface area contributed by atoms with Crippen LogP contribution in [-0.4, -0.2) is 16.5 Å². The Balaban J connectivity index is 1.48. The van der Waals surface area contributed by atoms with Crippen molar-refractivity contribution in [1.29, 1.82) is 0 Å². The van der Waals surface area contributed by atoms with Gasteiger partial charge in [-0.25, -0.2) is 0 Å². The van der Waals surface area contributed by atoms with Gasteiger partial charge in [0.15, 0.2) is 0 Å². The van der Waals surface area contributed by atoms with Crippen molar-refractivity contribution in [1.82, 2.24) is 0 Å². The van der Waals surface area contributed by atoms with Gasteiger partial charge in [-0.15, -0.1) is 0 Å². The fourth-order valence-electron chi connectivity index (χ4n) is 9.25. The molecule has 5 saturated carbocycles. The maximum absolute atomic E-state index is 12.3. The summed E-state index contributed by atoms with van der Waals surface area (Å²) in [6.45, 7) is 6.40. The highest BCUT2D eigenvalue weighted by molar-refractivity contribution is 5.79. The highest BCUT2D eigenvalue weighted by atomic mass is 16.3. The molecule has 26 heavy (non-hydrogen) atoms. The third kappa shape index (κ3) is 2.29. The summed E-state index contributed by atoms with van der Waals surface area (Å²) in [5, 5.41) is 10.8. The lowest BCUT2D eigenvalue weighted by Gasteiger charge is -2.63. The summed E-state index contributed by atoms with van der Waals surface area (Å²) >= 11 is 0. The third-order valence-electron chi connectivity index (χ3n) is 10.3. The molecule has 0 aromatic heterocycles. The fraction of sp³-hybridized carbons (Fsp3) is 0.958. The lowest BCUT2D eigenvalue weighted by Crippen LogP contribution is -2.57. The molecule has 2 nitrogen and oxygen atoms in total. The van der Waals surface area contributed by atoms with E-state index in [-0.39, 0.29) is 5.41 Å². The van der Waals surface area contributed by atoms with Gasteiger partial charge in [-0.2, -0.15) is 0 Å². The Morgan fingerprint density at radius 2 is 1.58 bits per heavy atom. The second kappa shape index (κ2) is 5.58. The lowest BCUT2D eigenvalue weighted by molar-refractivity contribution is -0.165. The van der Waals surface area contributed by atoms with Crippen molar-refractivity contribution in [3.63, 3.8) is 0 Å². The summed E-state index contributed by atoms with van der Waals surface area (Å²) < 4.78 is 0. The zero-order valence-corrected chi connectivity index (χ0v) is 17.1. The molecule has 8 atom stereocenters. The second-order valence-electron chi connectivity index (χ2n) is 11.5. The van der Waals surface area contributed by atoms with Gasteiger partial charge < -0.3 is 5.11 Å². The number of carbonyl (C=O) groups excluding carboxylic acids is 1. The number of hydrogen-bond acceptors (Lipinski definition) is 2. The van der Waals surface area contributed by atoms with Crippen LogP contribution in [0.4, 0.5) is 0 Å². The van der Waals surface area contributed by atoms with Crippen LogP contribution in [-0.2, 0) is 4.79 Å². The van der Waals surface area contributed by atoms with Crippen LogP contribution < -0.4 is 0 Å². The summed E-state index contributed by atoms with van der Waals surface area (Å²) in [5.74, 6) is 5.02. The van der Waals surface area contributed by atoms with E-state index in [4.69, 9.17) is 0 Å². The van der Waals surface area contributed by atoms with E-state index in [0.717, 1.165) is 48.9 Å². The molecule has 1 unspecified atom stereocenters. The van der Waals surface area contributed by atoms with Crippen LogP contribution in [0.5, 0.6) is 0 Å². The predicted octanol–water partition coefficient (Wildman–Crippen LogP) is 5.38. The SMILES string of the molecule is CC(=O)[C@H]1CC[C@H]2C3CC[C@@H]4C[C@](C)(O)CC[C@]4(C4CC4)[C@H]3CC[C@]12C. The zero-order valence-electron chi connectivity index (χ0n) is 17.1. The summed E-state index contributed by atoms with van der Waals surface area (Å²) in [4.78, 5) is 12.3. The number of aliphatic hydroxyl groups is 1. The Morgan fingerprint density at radius 3 is 2.27 bits per heavy atom. The summed E-state index contributed by atoms with van der Waals surface area (Å²) in [7, 11) is 0. The number of Topliss-reactive ketones (excluding diaryl/α,β-unsaturated/α-hetero) is 1. The highest BCUT2D eigenvalue weighted by Gasteiger charge is 2.65. The lowest BCUT2D eigenvalue weighted by atomic mass is 9.42. The molecule has 5 rings (SSSR count). The maximum atomic E-state index is 12.3. The van der Waals surface area contributed by atoms with Crippen molar-refractivity contribution in [2.75, 3.05) is 0 Å². The number of rotatable bonds is 2. The molecule has 0 saturated heterocycles. The number of ketones is 1. The average molecular weight is 359 g/mol. The summed E-state index contributed by atoms with van der Waals surface area (Å²) in [6.07, 6.45) is 14.0. The standard InChI is InChI=1S/C24H38O2/c1-15(25)19-8-9-20-18-7-6-17-14-22(2,26)12-13-24(17,16-4-5-16)21(18)10-11-23(19,20)3/h16-21,26H,4-14H2,1-3H3/t17-,18?,19-,20+,21+,22-,23-,24-/m1/s1. The Hall–Kier alpha value is -0.370. The van der Waals surface area contributed by atoms with Gasteiger partial charge in [-0.05, 0) is 125 Å². The van der Waals surface area contributed by atoms with E-state index in [9.17, 15) is 9.90 Å². The molecule has 0 aliphatic heterocycles. The van der Waals surface area contributed by atoms with Crippen LogP contribution in [0.25, 0.3) is 0 Å². The first-order chi connectivity index (χ1) is 12.3. The van der Waals surface area contributed by atoms with Crippen LogP contribution >= 0.6 is 0 Å². The molecular formula is C24H38O2. The van der Waals surface area contributed by atoms with Crippen LogP contribution in [0.3, 0.4) is 0 Å². The fourth-order valence-corrected chi connectivity index (χ4v) is 9.25. The first-order valence-electron chi connectivity index (χ1n) is 11.5. The largest absolute Gasteiger partial charge is 0.390 e. The van der Waals surface area contributed by atoms with Crippen molar-refractivity contribution >= 4 is 5.78 Å². The van der Waals surface area contributed by atoms with E-state index in [2.05, 4.69) is 13.8 Å². The van der Waals surface area contributed by atoms with Crippen LogP contribution in [0.15, 0.2) is 0 Å². The molecule has 0 spiro atoms. The molecule has 0 aromatic rings. The number of hydrogen-bond donors (Lipinski definition) is 1. The van der Waals surface area contributed by atoms with Gasteiger partial charge in [0.25, 0.3) is 0 Å². The molecule has 0 bridgehead atoms. The molecule has 0 amide bonds. The third-order valence-corrected chi connectivity index (χ3v) is 10.3. The smallest absolute Gasteiger partial charge is 0.133 e. The normalized spacial score (nSPS) is 56.4. The first kappa shape index (κ1) is 17.7. The van der Waals surface area contributed by atoms with Crippen LogP contribution in [0, 0.1) is 46.3 Å². The molecule has 146 valence electrons. The van der Waals surface area contributed by atoms with E-state index in [1.165, 1.54) is 51.4 Å². The first-order valence-corrected chi connectivity index (χ1v) is 11.5. The Kier molecular flexibility index (Phi) is 3.80. The quantitative estimate of drug-likeness (QED) is 0.720. The van der Waals surface area contributed by atoms with E-state index >= 15 is 0 Å². The van der Waals surface area contributed by atoms with Gasteiger partial charge in [-0.3, -0.25) is 4.79 Å². The zero-order chi connectivity index (χ0) is 18.3. The van der Waals surface area contributed by atoms with Gasteiger partial charge >= 0.3 is 0 Å². The number of carbonyl (C=O) groups is 1. The molecular weight excluding hydrogens is 320 g/mol. The molecule has 5 aliphatic carbocycles. The van der Waals surface area contributed by atoms with Gasteiger partial charge in [-0.1, -0.05) is 6.92 Å². The molecule has 0 aromatic carbocycles. The summed E-state index contributed by atoms with van der Waals surface area (Å²) in [6, 6.07) is 0. The topological polar surface area (TPSA) is 37.3 Å². The van der Waals surface area contributed by atoms with Crippen molar-refractivity contribution in [2.45, 2.75) is 97.0 Å². The van der Waals surface area contributed by atoms with Crippen molar-refractivity contribution in [3.05, 3.63) is 0 Å². The Labute approximate surface area is 159 Å². The minimum atomic E-state index is -0.424. The minimum Gasteiger partial charge on any atom is -0.390 e. The summed E-state index contributed by atoms with van der Waals surface area (Å²) in [5.41, 5.74) is 0.400. The van der Waals surface area contributed by atoms with Gasteiger partial charge in [0.2, 0.25) is 0 Å². The average Bonchev–Trinajstić information content (AvgIpc) is 3.35. The maximum Gasteiger partial charge on any atom is 0.133 e. The van der Waals surface area contributed by atoms with E-state index in [1.54, 1.807) is 0 Å². The molecule has 1 N–H and O–H groups in total. The molecule has 5 fully saturated rings. The van der Waals surface area contributed by atoms with Crippen molar-refractivity contribution < 1.29 is 9.90 Å². The van der Waals surface area contributed by atoms with Gasteiger partial charge in [0.1, 0.15) is 5.78 Å². The Bertz CT molecular complexity index is 605. The van der Waals surface area contributed by atoms with E-state index in [1.807, 2.05) is 6.92 Å². The highest BCUT2D eigenvalue weighted by Crippen LogP contribution is 2.72. The minimum absolute atomic E-state index is 0.282. The molecule has 0 radical (unpaired) electrons. The predicted molar refractivity (Wildman–Crippen MR) is 104 cm³/mol. The monoisotopic (exact) mass is 358 g/mol. The Morgan fingerprint density at radius 1 is 0.846 bits per heavy atom. The van der Waals surface area contributed by atoms with Crippen molar-refractivity contribution in [3.8, 4) is 0 Å².